The van der Waals surface area contributed by atoms with Gasteiger partial charge in [0.2, 0.25) is 0 Å². The molecule has 1 amide bonds. The zero-order valence-corrected chi connectivity index (χ0v) is 14.6. The van der Waals surface area contributed by atoms with Crippen molar-refractivity contribution in [2.75, 3.05) is 19.0 Å². The van der Waals surface area contributed by atoms with E-state index in [0.717, 1.165) is 5.39 Å². The molecule has 3 aromatic rings. The van der Waals surface area contributed by atoms with Crippen LogP contribution in [0.1, 0.15) is 10.4 Å². The van der Waals surface area contributed by atoms with Crippen LogP contribution in [0, 0.1) is 0 Å². The molecule has 0 fully saturated rings. The van der Waals surface area contributed by atoms with Crippen LogP contribution in [0.15, 0.2) is 54.7 Å². The molecule has 0 bridgehead atoms. The Morgan fingerprint density at radius 1 is 1.15 bits per heavy atom. The lowest BCUT2D eigenvalue weighted by atomic mass is 10.2. The molecular weight excluding hydrogens is 356 g/mol. The van der Waals surface area contributed by atoms with Crippen LogP contribution >= 0.6 is 11.6 Å². The number of para-hydroxylation sites is 1. The van der Waals surface area contributed by atoms with E-state index in [2.05, 4.69) is 15.0 Å². The van der Waals surface area contributed by atoms with Crippen molar-refractivity contribution < 1.29 is 19.1 Å². The molecule has 0 aliphatic heterocycles. The van der Waals surface area contributed by atoms with E-state index >= 15 is 0 Å². The van der Waals surface area contributed by atoms with Gasteiger partial charge in [-0.1, -0.05) is 29.8 Å². The first-order valence-electron chi connectivity index (χ1n) is 7.73. The quantitative estimate of drug-likeness (QED) is 0.693. The topological polar surface area (TPSA) is 77.5 Å². The number of hydrogen-bond donors (Lipinski definition) is 1. The van der Waals surface area contributed by atoms with Crippen LogP contribution in [0.4, 0.5) is 5.69 Å². The molecule has 0 aliphatic rings. The Morgan fingerprint density at radius 2 is 1.96 bits per heavy atom. The van der Waals surface area contributed by atoms with Crippen LogP contribution in [-0.4, -0.2) is 30.6 Å². The summed E-state index contributed by atoms with van der Waals surface area (Å²) >= 11 is 6.07. The lowest BCUT2D eigenvalue weighted by Crippen LogP contribution is -2.20. The number of benzene rings is 2. The summed E-state index contributed by atoms with van der Waals surface area (Å²) in [6, 6.07) is 13.7. The summed E-state index contributed by atoms with van der Waals surface area (Å²) in [6.07, 6.45) is 1.66. The fourth-order valence-electron chi connectivity index (χ4n) is 2.39. The van der Waals surface area contributed by atoms with Gasteiger partial charge in [0.05, 0.1) is 23.4 Å². The third-order valence-corrected chi connectivity index (χ3v) is 3.95. The Morgan fingerprint density at radius 3 is 2.77 bits per heavy atom. The highest BCUT2D eigenvalue weighted by atomic mass is 35.5. The van der Waals surface area contributed by atoms with E-state index in [1.807, 2.05) is 24.3 Å². The van der Waals surface area contributed by atoms with Crippen molar-refractivity contribution in [2.45, 2.75) is 0 Å². The van der Waals surface area contributed by atoms with Crippen molar-refractivity contribution in [3.05, 3.63) is 65.3 Å². The minimum absolute atomic E-state index is 0.228. The SMILES string of the molecule is COC(=O)c1ccc(Cl)c(NC(=O)COc2cccc3cccnc23)c1. The minimum atomic E-state index is -0.518. The Hall–Kier alpha value is -3.12. The van der Waals surface area contributed by atoms with E-state index in [1.54, 1.807) is 12.3 Å². The number of halogens is 1. The number of aromatic nitrogens is 1. The normalized spacial score (nSPS) is 10.4. The second-order valence-corrected chi connectivity index (χ2v) is 5.76. The van der Waals surface area contributed by atoms with E-state index in [1.165, 1.54) is 25.3 Å². The number of carbonyl (C=O) groups is 2. The van der Waals surface area contributed by atoms with Crippen LogP contribution in [0.5, 0.6) is 5.75 Å². The fourth-order valence-corrected chi connectivity index (χ4v) is 2.55. The van der Waals surface area contributed by atoms with Crippen molar-refractivity contribution in [1.82, 2.24) is 4.98 Å². The number of ether oxygens (including phenoxy) is 2. The number of fused-ring (bicyclic) bond motifs is 1. The second kappa shape index (κ2) is 7.84. The van der Waals surface area contributed by atoms with E-state index in [4.69, 9.17) is 16.3 Å². The molecule has 0 aliphatic carbocycles. The summed E-state index contributed by atoms with van der Waals surface area (Å²) in [5, 5.41) is 3.84. The van der Waals surface area contributed by atoms with E-state index in [0.29, 0.717) is 22.0 Å². The highest BCUT2D eigenvalue weighted by molar-refractivity contribution is 6.33. The second-order valence-electron chi connectivity index (χ2n) is 5.35. The molecule has 26 heavy (non-hydrogen) atoms. The van der Waals surface area contributed by atoms with Gasteiger partial charge in [0.1, 0.15) is 11.3 Å². The van der Waals surface area contributed by atoms with Crippen molar-refractivity contribution in [3.8, 4) is 5.75 Å². The Bertz CT molecular complexity index is 969. The van der Waals surface area contributed by atoms with Gasteiger partial charge in [0.25, 0.3) is 5.91 Å². The van der Waals surface area contributed by atoms with Gasteiger partial charge in [-0.25, -0.2) is 4.79 Å². The van der Waals surface area contributed by atoms with Gasteiger partial charge >= 0.3 is 5.97 Å². The minimum Gasteiger partial charge on any atom is -0.481 e. The highest BCUT2D eigenvalue weighted by Crippen LogP contribution is 2.25. The Labute approximate surface area is 154 Å². The molecule has 0 atom stereocenters. The molecule has 6 nitrogen and oxygen atoms in total. The van der Waals surface area contributed by atoms with E-state index < -0.39 is 11.9 Å². The van der Waals surface area contributed by atoms with Gasteiger partial charge in [-0.2, -0.15) is 0 Å². The largest absolute Gasteiger partial charge is 0.481 e. The first-order chi connectivity index (χ1) is 12.6. The molecule has 0 spiro atoms. The number of nitrogens with one attached hydrogen (secondary N) is 1. The number of esters is 1. The van der Waals surface area contributed by atoms with Crippen molar-refractivity contribution in [3.63, 3.8) is 0 Å². The number of pyridine rings is 1. The van der Waals surface area contributed by atoms with Gasteiger partial charge in [-0.15, -0.1) is 0 Å². The molecule has 2 aromatic carbocycles. The lowest BCUT2D eigenvalue weighted by molar-refractivity contribution is -0.118. The summed E-state index contributed by atoms with van der Waals surface area (Å²) in [7, 11) is 1.28. The number of rotatable bonds is 5. The van der Waals surface area contributed by atoms with Crippen LogP contribution in [0.2, 0.25) is 5.02 Å². The number of hydrogen-bond acceptors (Lipinski definition) is 5. The maximum atomic E-state index is 12.2. The molecule has 132 valence electrons. The zero-order valence-electron chi connectivity index (χ0n) is 13.9. The molecule has 1 aromatic heterocycles. The lowest BCUT2D eigenvalue weighted by Gasteiger charge is -2.11. The Balaban J connectivity index is 1.70. The summed E-state index contributed by atoms with van der Waals surface area (Å²) in [5.41, 5.74) is 1.26. The van der Waals surface area contributed by atoms with Crippen LogP contribution in [0.3, 0.4) is 0 Å². The number of methoxy groups -OCH3 is 1. The smallest absolute Gasteiger partial charge is 0.337 e. The monoisotopic (exact) mass is 370 g/mol. The van der Waals surface area contributed by atoms with Gasteiger partial charge in [0, 0.05) is 11.6 Å². The van der Waals surface area contributed by atoms with Crippen LogP contribution < -0.4 is 10.1 Å². The van der Waals surface area contributed by atoms with Crippen LogP contribution in [-0.2, 0) is 9.53 Å². The first-order valence-corrected chi connectivity index (χ1v) is 8.10. The summed E-state index contributed by atoms with van der Waals surface area (Å²) in [6.45, 7) is -0.228. The third-order valence-electron chi connectivity index (χ3n) is 3.62. The van der Waals surface area contributed by atoms with Crippen molar-refractivity contribution in [1.29, 1.82) is 0 Å². The zero-order chi connectivity index (χ0) is 18.5. The number of anilines is 1. The maximum absolute atomic E-state index is 12.2. The molecule has 0 radical (unpaired) electrons. The number of carbonyl (C=O) groups excluding carboxylic acids is 2. The molecule has 1 heterocycles. The van der Waals surface area contributed by atoms with E-state index in [-0.39, 0.29) is 12.2 Å². The van der Waals surface area contributed by atoms with Gasteiger partial charge in [-0.05, 0) is 30.3 Å². The van der Waals surface area contributed by atoms with Gasteiger partial charge < -0.3 is 14.8 Å². The maximum Gasteiger partial charge on any atom is 0.337 e. The molecule has 0 unspecified atom stereocenters. The molecular formula is C19H15ClN2O4. The van der Waals surface area contributed by atoms with Gasteiger partial charge in [0.15, 0.2) is 6.61 Å². The van der Waals surface area contributed by atoms with Crippen molar-refractivity contribution in [2.24, 2.45) is 0 Å². The van der Waals surface area contributed by atoms with Gasteiger partial charge in [-0.3, -0.25) is 9.78 Å². The average molecular weight is 371 g/mol. The molecule has 7 heteroatoms. The Kier molecular flexibility index (Phi) is 5.34. The number of amides is 1. The highest BCUT2D eigenvalue weighted by Gasteiger charge is 2.12. The summed E-state index contributed by atoms with van der Waals surface area (Å²) in [4.78, 5) is 28.1. The van der Waals surface area contributed by atoms with Crippen LogP contribution in [0.25, 0.3) is 10.9 Å². The number of nitrogens with zero attached hydrogens (tertiary/aromatic N) is 1. The first kappa shape index (κ1) is 17.7. The molecule has 1 N–H and O–H groups in total. The van der Waals surface area contributed by atoms with Crippen molar-refractivity contribution >= 4 is 40.1 Å². The average Bonchev–Trinajstić information content (AvgIpc) is 2.67. The molecule has 0 saturated carbocycles. The third kappa shape index (κ3) is 3.92. The fraction of sp³-hybridized carbons (Fsp3) is 0.105. The molecule has 3 rings (SSSR count). The standard InChI is InChI=1S/C19H15ClN2O4/c1-25-19(24)13-7-8-14(20)15(10-13)22-17(23)11-26-16-6-2-4-12-5-3-9-21-18(12)16/h2-10H,11H2,1H3,(H,22,23). The predicted octanol–water partition coefficient (Wildman–Crippen LogP) is 3.69. The summed E-state index contributed by atoms with van der Waals surface area (Å²) < 4.78 is 10.2. The summed E-state index contributed by atoms with van der Waals surface area (Å²) in [5.74, 6) is -0.426. The predicted molar refractivity (Wildman–Crippen MR) is 98.7 cm³/mol. The van der Waals surface area contributed by atoms with E-state index in [9.17, 15) is 9.59 Å². The molecule has 0 saturated heterocycles.